The number of rotatable bonds is 3. The highest BCUT2D eigenvalue weighted by Crippen LogP contribution is 2.14. The van der Waals surface area contributed by atoms with Crippen molar-refractivity contribution in [1.82, 2.24) is 5.32 Å². The van der Waals surface area contributed by atoms with Gasteiger partial charge in [-0.15, -0.1) is 0 Å². The van der Waals surface area contributed by atoms with Crippen molar-refractivity contribution in [3.05, 3.63) is 30.1 Å². The zero-order valence-electron chi connectivity index (χ0n) is 7.76. The Kier molecular flexibility index (Phi) is 2.39. The second kappa shape index (κ2) is 3.55. The van der Waals surface area contributed by atoms with Gasteiger partial charge >= 0.3 is 0 Å². The van der Waals surface area contributed by atoms with Gasteiger partial charge < -0.3 is 15.7 Å². The Balaban J connectivity index is 1.91. The molecule has 1 heterocycles. The minimum Gasteiger partial charge on any atom is -0.385 e. The Morgan fingerprint density at radius 3 is 2.86 bits per heavy atom. The lowest BCUT2D eigenvalue weighted by atomic mass is 9.97. The van der Waals surface area contributed by atoms with Gasteiger partial charge in [-0.05, 0) is 18.2 Å². The quantitative estimate of drug-likeness (QED) is 0.662. The second-order valence-corrected chi connectivity index (χ2v) is 3.69. The molecule has 0 spiro atoms. The molecule has 1 aromatic carbocycles. The van der Waals surface area contributed by atoms with Crippen LogP contribution in [0.1, 0.15) is 0 Å². The van der Waals surface area contributed by atoms with Crippen LogP contribution in [0, 0.1) is 5.82 Å². The number of anilines is 1. The molecule has 0 saturated carbocycles. The molecule has 0 atom stereocenters. The van der Waals surface area contributed by atoms with Gasteiger partial charge in [-0.25, -0.2) is 4.39 Å². The van der Waals surface area contributed by atoms with Gasteiger partial charge in [0.1, 0.15) is 11.4 Å². The van der Waals surface area contributed by atoms with Crippen molar-refractivity contribution in [2.24, 2.45) is 0 Å². The SMILES string of the molecule is OC1(CNc2cccc(F)c2)CNC1. The number of aliphatic hydroxyl groups is 1. The lowest BCUT2D eigenvalue weighted by Gasteiger charge is -2.37. The molecule has 0 radical (unpaired) electrons. The van der Waals surface area contributed by atoms with E-state index in [2.05, 4.69) is 10.6 Å². The third-order valence-corrected chi connectivity index (χ3v) is 2.35. The fourth-order valence-electron chi connectivity index (χ4n) is 1.40. The average molecular weight is 196 g/mol. The summed E-state index contributed by atoms with van der Waals surface area (Å²) in [6, 6.07) is 6.22. The Hall–Kier alpha value is -1.13. The van der Waals surface area contributed by atoms with Crippen LogP contribution in [0.15, 0.2) is 24.3 Å². The Bertz CT molecular complexity index is 326. The fraction of sp³-hybridized carbons (Fsp3) is 0.400. The maximum absolute atomic E-state index is 12.8. The third-order valence-electron chi connectivity index (χ3n) is 2.35. The van der Waals surface area contributed by atoms with E-state index in [1.165, 1.54) is 12.1 Å². The maximum Gasteiger partial charge on any atom is 0.125 e. The number of β-amino-alcohol motifs (C(OH)–C–C–N with tert-alkyl or cyclic N) is 1. The minimum absolute atomic E-state index is 0.270. The summed E-state index contributed by atoms with van der Waals surface area (Å²) >= 11 is 0. The molecule has 0 unspecified atom stereocenters. The lowest BCUT2D eigenvalue weighted by Crippen LogP contribution is -2.63. The van der Waals surface area contributed by atoms with E-state index in [4.69, 9.17) is 0 Å². The Morgan fingerprint density at radius 2 is 2.29 bits per heavy atom. The normalized spacial score (nSPS) is 18.7. The highest BCUT2D eigenvalue weighted by Gasteiger charge is 2.33. The van der Waals surface area contributed by atoms with Gasteiger partial charge in [-0.1, -0.05) is 6.07 Å². The first-order chi connectivity index (χ1) is 6.68. The van der Waals surface area contributed by atoms with Gasteiger partial charge in [0.05, 0.1) is 0 Å². The van der Waals surface area contributed by atoms with Crippen LogP contribution in [0.4, 0.5) is 10.1 Å². The van der Waals surface area contributed by atoms with Crippen LogP contribution in [0.2, 0.25) is 0 Å². The van der Waals surface area contributed by atoms with E-state index in [0.29, 0.717) is 25.3 Å². The molecule has 3 N–H and O–H groups in total. The smallest absolute Gasteiger partial charge is 0.125 e. The summed E-state index contributed by atoms with van der Waals surface area (Å²) in [5.74, 6) is -0.270. The predicted octanol–water partition coefficient (Wildman–Crippen LogP) is 0.572. The maximum atomic E-state index is 12.8. The van der Waals surface area contributed by atoms with Crippen molar-refractivity contribution in [2.75, 3.05) is 25.0 Å². The van der Waals surface area contributed by atoms with Gasteiger partial charge in [-0.3, -0.25) is 0 Å². The molecule has 3 nitrogen and oxygen atoms in total. The zero-order valence-corrected chi connectivity index (χ0v) is 7.76. The summed E-state index contributed by atoms with van der Waals surface area (Å²) in [5, 5.41) is 15.7. The number of nitrogens with one attached hydrogen (secondary N) is 2. The summed E-state index contributed by atoms with van der Waals surface area (Å²) in [4.78, 5) is 0. The third kappa shape index (κ3) is 2.02. The van der Waals surface area contributed by atoms with Crippen LogP contribution >= 0.6 is 0 Å². The molecular weight excluding hydrogens is 183 g/mol. The first-order valence-electron chi connectivity index (χ1n) is 4.61. The number of hydrogen-bond donors (Lipinski definition) is 3. The predicted molar refractivity (Wildman–Crippen MR) is 52.7 cm³/mol. The van der Waals surface area contributed by atoms with Crippen molar-refractivity contribution < 1.29 is 9.50 Å². The number of benzene rings is 1. The molecule has 0 amide bonds. The van der Waals surface area contributed by atoms with Crippen LogP contribution < -0.4 is 10.6 Å². The first kappa shape index (κ1) is 9.43. The average Bonchev–Trinajstić information content (AvgIpc) is 2.12. The van der Waals surface area contributed by atoms with E-state index in [1.54, 1.807) is 12.1 Å². The molecule has 1 aliphatic heterocycles. The van der Waals surface area contributed by atoms with E-state index in [9.17, 15) is 9.50 Å². The van der Waals surface area contributed by atoms with Gasteiger partial charge in [0.2, 0.25) is 0 Å². The fourth-order valence-corrected chi connectivity index (χ4v) is 1.40. The van der Waals surface area contributed by atoms with E-state index in [1.807, 2.05) is 0 Å². The van der Waals surface area contributed by atoms with E-state index in [-0.39, 0.29) is 5.82 Å². The van der Waals surface area contributed by atoms with Crippen molar-refractivity contribution in [1.29, 1.82) is 0 Å². The van der Waals surface area contributed by atoms with Crippen LogP contribution in [0.3, 0.4) is 0 Å². The summed E-state index contributed by atoms with van der Waals surface area (Å²) < 4.78 is 12.8. The highest BCUT2D eigenvalue weighted by molar-refractivity contribution is 5.43. The second-order valence-electron chi connectivity index (χ2n) is 3.69. The van der Waals surface area contributed by atoms with E-state index >= 15 is 0 Å². The van der Waals surface area contributed by atoms with E-state index < -0.39 is 5.60 Å². The summed E-state index contributed by atoms with van der Waals surface area (Å²) in [5.41, 5.74) is 0.0251. The molecule has 76 valence electrons. The van der Waals surface area contributed by atoms with Crippen LogP contribution in [-0.4, -0.2) is 30.3 Å². The zero-order chi connectivity index (χ0) is 10.0. The molecule has 1 fully saturated rings. The van der Waals surface area contributed by atoms with Crippen molar-refractivity contribution in [3.8, 4) is 0 Å². The summed E-state index contributed by atoms with van der Waals surface area (Å²) in [7, 11) is 0. The highest BCUT2D eigenvalue weighted by atomic mass is 19.1. The standard InChI is InChI=1S/C10H13FN2O/c11-8-2-1-3-9(4-8)13-7-10(14)5-12-6-10/h1-4,12-14H,5-7H2. The monoisotopic (exact) mass is 196 g/mol. The van der Waals surface area contributed by atoms with Gasteiger partial charge in [0.15, 0.2) is 0 Å². The number of halogens is 1. The minimum atomic E-state index is -0.674. The van der Waals surface area contributed by atoms with Gasteiger partial charge in [-0.2, -0.15) is 0 Å². The molecule has 0 bridgehead atoms. The topological polar surface area (TPSA) is 44.3 Å². The molecule has 14 heavy (non-hydrogen) atoms. The summed E-state index contributed by atoms with van der Waals surface area (Å²) in [6.07, 6.45) is 0. The largest absolute Gasteiger partial charge is 0.385 e. The van der Waals surface area contributed by atoms with Crippen molar-refractivity contribution >= 4 is 5.69 Å². The molecule has 1 aromatic rings. The summed E-state index contributed by atoms with van der Waals surface area (Å²) in [6.45, 7) is 1.63. The molecular formula is C10H13FN2O. The Labute approximate surface area is 81.9 Å². The van der Waals surface area contributed by atoms with Gasteiger partial charge in [0, 0.05) is 25.3 Å². The molecule has 2 rings (SSSR count). The number of hydrogen-bond acceptors (Lipinski definition) is 3. The van der Waals surface area contributed by atoms with Gasteiger partial charge in [0.25, 0.3) is 0 Å². The van der Waals surface area contributed by atoms with Crippen molar-refractivity contribution in [3.63, 3.8) is 0 Å². The molecule has 0 aromatic heterocycles. The molecule has 0 aliphatic carbocycles. The Morgan fingerprint density at radius 1 is 1.50 bits per heavy atom. The van der Waals surface area contributed by atoms with Crippen LogP contribution in [0.25, 0.3) is 0 Å². The first-order valence-corrected chi connectivity index (χ1v) is 4.61. The van der Waals surface area contributed by atoms with E-state index in [0.717, 1.165) is 0 Å². The molecule has 1 saturated heterocycles. The van der Waals surface area contributed by atoms with Crippen LogP contribution in [-0.2, 0) is 0 Å². The molecule has 4 heteroatoms. The molecule has 1 aliphatic rings. The lowest BCUT2D eigenvalue weighted by molar-refractivity contribution is 0.00312. The van der Waals surface area contributed by atoms with Crippen LogP contribution in [0.5, 0.6) is 0 Å². The van der Waals surface area contributed by atoms with Crippen molar-refractivity contribution in [2.45, 2.75) is 5.60 Å².